The van der Waals surface area contributed by atoms with Gasteiger partial charge in [-0.25, -0.2) is 0 Å². The molecule has 1 N–H and O–H groups in total. The highest BCUT2D eigenvalue weighted by Crippen LogP contribution is 2.09. The number of hydrogen-bond donors (Lipinski definition) is 1. The Bertz CT molecular complexity index is 156. The topological polar surface area (TPSA) is 54.4 Å². The molecule has 0 rings (SSSR count). The molecule has 0 aliphatic carbocycles. The monoisotopic (exact) mass is 176 g/mol. The van der Waals surface area contributed by atoms with Crippen LogP contribution in [0.3, 0.4) is 0 Å². The van der Waals surface area contributed by atoms with Gasteiger partial charge in [-0.15, -0.1) is 0 Å². The second-order valence-corrected chi connectivity index (χ2v) is 3.64. The Labute approximate surface area is 70.2 Å². The van der Waals surface area contributed by atoms with Gasteiger partial charge in [0.25, 0.3) is 0 Å². The van der Waals surface area contributed by atoms with Crippen molar-refractivity contribution in [3.8, 4) is 0 Å². The second kappa shape index (κ2) is 5.18. The number of rotatable bonds is 4. The highest BCUT2D eigenvalue weighted by Gasteiger charge is 2.10. The second-order valence-electron chi connectivity index (χ2n) is 2.37. The molecule has 1 atom stereocenters. The van der Waals surface area contributed by atoms with E-state index in [-0.39, 0.29) is 11.0 Å². The molecule has 0 amide bonds. The van der Waals surface area contributed by atoms with Gasteiger partial charge in [0.05, 0.1) is 5.92 Å². The minimum Gasteiger partial charge on any atom is -0.481 e. The maximum atomic E-state index is 10.4. The smallest absolute Gasteiger partial charge is 0.306 e. The largest absolute Gasteiger partial charge is 0.481 e. The van der Waals surface area contributed by atoms with Crippen LogP contribution in [0.4, 0.5) is 0 Å². The minimum atomic E-state index is -0.797. The predicted octanol–water partition coefficient (Wildman–Crippen LogP) is 1.38. The summed E-state index contributed by atoms with van der Waals surface area (Å²) in [6, 6.07) is 0. The molecule has 11 heavy (non-hydrogen) atoms. The van der Waals surface area contributed by atoms with Crippen LogP contribution in [0.25, 0.3) is 0 Å². The van der Waals surface area contributed by atoms with E-state index in [0.29, 0.717) is 12.2 Å². The first-order valence-electron chi connectivity index (χ1n) is 3.40. The third-order valence-electron chi connectivity index (χ3n) is 1.28. The van der Waals surface area contributed by atoms with Crippen LogP contribution in [0.1, 0.15) is 20.3 Å². The molecule has 3 nitrogen and oxygen atoms in total. The lowest BCUT2D eigenvalue weighted by Gasteiger charge is -2.02. The summed E-state index contributed by atoms with van der Waals surface area (Å²) < 4.78 is 0. The van der Waals surface area contributed by atoms with Crippen LogP contribution in [0.5, 0.6) is 0 Å². The molecule has 0 saturated carbocycles. The zero-order valence-electron chi connectivity index (χ0n) is 6.66. The molecule has 0 saturated heterocycles. The van der Waals surface area contributed by atoms with Crippen LogP contribution >= 0.6 is 11.8 Å². The number of thioether (sulfide) groups is 1. The maximum absolute atomic E-state index is 10.4. The molecule has 0 radical (unpaired) electrons. The zero-order valence-corrected chi connectivity index (χ0v) is 7.48. The summed E-state index contributed by atoms with van der Waals surface area (Å²) in [5.41, 5.74) is 0. The highest BCUT2D eigenvalue weighted by molar-refractivity contribution is 8.13. The lowest BCUT2D eigenvalue weighted by molar-refractivity contribution is -0.141. The molecule has 0 spiro atoms. The van der Waals surface area contributed by atoms with E-state index in [9.17, 15) is 9.59 Å². The number of carbonyl (C=O) groups excluding carboxylic acids is 1. The van der Waals surface area contributed by atoms with Crippen molar-refractivity contribution in [2.24, 2.45) is 5.92 Å². The third kappa shape index (κ3) is 5.91. The van der Waals surface area contributed by atoms with Crippen LogP contribution in [-0.2, 0) is 9.59 Å². The van der Waals surface area contributed by atoms with Crippen LogP contribution in [-0.4, -0.2) is 21.9 Å². The molecule has 0 aromatic carbocycles. The highest BCUT2D eigenvalue weighted by atomic mass is 32.2. The number of aliphatic carboxylic acids is 1. The number of carboxylic acid groups (broad SMARTS) is 1. The molecule has 0 fully saturated rings. The first-order valence-corrected chi connectivity index (χ1v) is 4.38. The summed E-state index contributed by atoms with van der Waals surface area (Å²) in [7, 11) is 0. The van der Waals surface area contributed by atoms with Crippen molar-refractivity contribution >= 4 is 22.8 Å². The van der Waals surface area contributed by atoms with E-state index < -0.39 is 5.97 Å². The van der Waals surface area contributed by atoms with Crippen molar-refractivity contribution < 1.29 is 14.7 Å². The molecule has 64 valence electrons. The molecule has 0 aromatic heterocycles. The van der Waals surface area contributed by atoms with E-state index in [2.05, 4.69) is 0 Å². The number of carboxylic acids is 1. The molecule has 0 aliphatic heterocycles. The van der Waals surface area contributed by atoms with Crippen LogP contribution < -0.4 is 0 Å². The van der Waals surface area contributed by atoms with Crippen LogP contribution in [0.2, 0.25) is 0 Å². The molecule has 0 heterocycles. The lowest BCUT2D eigenvalue weighted by Crippen LogP contribution is -2.10. The van der Waals surface area contributed by atoms with Crippen molar-refractivity contribution in [3.05, 3.63) is 0 Å². The summed E-state index contributed by atoms with van der Waals surface area (Å²) in [6.07, 6.45) is 0.555. The quantitative estimate of drug-likeness (QED) is 0.703. The van der Waals surface area contributed by atoms with Gasteiger partial charge in [0.2, 0.25) is 0 Å². The van der Waals surface area contributed by atoms with Crippen molar-refractivity contribution in [1.82, 2.24) is 0 Å². The van der Waals surface area contributed by atoms with E-state index in [1.165, 1.54) is 18.7 Å². The predicted molar refractivity (Wildman–Crippen MR) is 44.6 cm³/mol. The average Bonchev–Trinajstić information content (AvgIpc) is 1.86. The van der Waals surface area contributed by atoms with E-state index in [0.717, 1.165) is 0 Å². The van der Waals surface area contributed by atoms with E-state index >= 15 is 0 Å². The molecular weight excluding hydrogens is 164 g/mol. The summed E-state index contributed by atoms with van der Waals surface area (Å²) in [6.45, 7) is 3.12. The Morgan fingerprint density at radius 2 is 2.09 bits per heavy atom. The third-order valence-corrected chi connectivity index (χ3v) is 2.12. The van der Waals surface area contributed by atoms with Crippen molar-refractivity contribution in [2.75, 3.05) is 5.75 Å². The van der Waals surface area contributed by atoms with Gasteiger partial charge < -0.3 is 5.11 Å². The average molecular weight is 176 g/mol. The molecule has 0 bridgehead atoms. The Balaban J connectivity index is 3.39. The molecule has 0 aromatic rings. The normalized spacial score (nSPS) is 12.5. The maximum Gasteiger partial charge on any atom is 0.306 e. The first-order chi connectivity index (χ1) is 5.04. The molecule has 1 unspecified atom stereocenters. The fourth-order valence-electron chi connectivity index (χ4n) is 0.503. The van der Waals surface area contributed by atoms with Crippen molar-refractivity contribution in [1.29, 1.82) is 0 Å². The van der Waals surface area contributed by atoms with Gasteiger partial charge in [-0.05, 0) is 6.42 Å². The van der Waals surface area contributed by atoms with E-state index in [1.807, 2.05) is 0 Å². The fraction of sp³-hybridized carbons (Fsp3) is 0.714. The minimum absolute atomic E-state index is 0.0441. The van der Waals surface area contributed by atoms with E-state index in [4.69, 9.17) is 5.11 Å². The van der Waals surface area contributed by atoms with Gasteiger partial charge in [-0.1, -0.05) is 18.7 Å². The summed E-state index contributed by atoms with van der Waals surface area (Å²) in [5.74, 6) is -0.543. The van der Waals surface area contributed by atoms with Gasteiger partial charge >= 0.3 is 5.97 Å². The Morgan fingerprint density at radius 3 is 2.45 bits per heavy atom. The SMILES string of the molecule is CC(=O)SCCC(C)C(=O)O. The van der Waals surface area contributed by atoms with Crippen molar-refractivity contribution in [3.63, 3.8) is 0 Å². The Hall–Kier alpha value is -0.510. The lowest BCUT2D eigenvalue weighted by atomic mass is 10.1. The number of hydrogen-bond acceptors (Lipinski definition) is 3. The standard InChI is InChI=1S/C7H12O3S/c1-5(7(9)10)3-4-11-6(2)8/h5H,3-4H2,1-2H3,(H,9,10). The van der Waals surface area contributed by atoms with Gasteiger partial charge in [-0.3, -0.25) is 9.59 Å². The van der Waals surface area contributed by atoms with Gasteiger partial charge in [0.15, 0.2) is 5.12 Å². The molecule has 0 aliphatic rings. The van der Waals surface area contributed by atoms with Crippen LogP contribution in [0, 0.1) is 5.92 Å². The summed E-state index contributed by atoms with van der Waals surface area (Å²) in [5, 5.41) is 8.50. The Morgan fingerprint density at radius 1 is 1.55 bits per heavy atom. The number of carbonyl (C=O) groups is 2. The van der Waals surface area contributed by atoms with E-state index in [1.54, 1.807) is 6.92 Å². The zero-order chi connectivity index (χ0) is 8.85. The first kappa shape index (κ1) is 10.5. The molecular formula is C7H12O3S. The van der Waals surface area contributed by atoms with Crippen LogP contribution in [0.15, 0.2) is 0 Å². The molecule has 4 heteroatoms. The summed E-state index contributed by atoms with van der Waals surface area (Å²) >= 11 is 1.17. The summed E-state index contributed by atoms with van der Waals surface area (Å²) in [4.78, 5) is 20.7. The fourth-order valence-corrected chi connectivity index (χ4v) is 1.26. The van der Waals surface area contributed by atoms with Gasteiger partial charge in [0, 0.05) is 12.7 Å². The van der Waals surface area contributed by atoms with Gasteiger partial charge in [0.1, 0.15) is 0 Å². The van der Waals surface area contributed by atoms with Crippen molar-refractivity contribution in [2.45, 2.75) is 20.3 Å². The Kier molecular flexibility index (Phi) is 4.94. The van der Waals surface area contributed by atoms with Gasteiger partial charge in [-0.2, -0.15) is 0 Å².